The third-order valence-corrected chi connectivity index (χ3v) is 3.92. The van der Waals surface area contributed by atoms with Crippen molar-refractivity contribution in [3.63, 3.8) is 0 Å². The molecule has 0 saturated carbocycles. The van der Waals surface area contributed by atoms with Crippen LogP contribution in [0, 0.1) is 12.7 Å². The number of aryl methyl sites for hydroxylation is 1. The van der Waals surface area contributed by atoms with Crippen molar-refractivity contribution in [2.24, 2.45) is 0 Å². The van der Waals surface area contributed by atoms with Gasteiger partial charge in [-0.3, -0.25) is 4.79 Å². The lowest BCUT2D eigenvalue weighted by molar-refractivity contribution is 0.0986. The Kier molecular flexibility index (Phi) is 4.38. The lowest BCUT2D eigenvalue weighted by Gasteiger charge is -2.07. The number of hydrogen-bond acceptors (Lipinski definition) is 2. The minimum atomic E-state index is -0.240. The van der Waals surface area contributed by atoms with Crippen LogP contribution >= 0.6 is 0 Å². The topological polar surface area (TPSA) is 29.1 Å². The second-order valence-corrected chi connectivity index (χ2v) is 5.63. The van der Waals surface area contributed by atoms with E-state index < -0.39 is 0 Å². The quantitative estimate of drug-likeness (QED) is 0.674. The van der Waals surface area contributed by atoms with Crippen LogP contribution in [0.2, 0.25) is 0 Å². The second kappa shape index (κ2) is 6.61. The summed E-state index contributed by atoms with van der Waals surface area (Å²) in [6, 6.07) is 18.7. The van der Waals surface area contributed by atoms with E-state index in [4.69, 9.17) is 0 Å². The molecular formula is C20H18FNO. The number of Topliss-reactive ketones (excluding diaryl/α,β-unsaturated/α-hetero) is 1. The molecule has 1 N–H and O–H groups in total. The summed E-state index contributed by atoms with van der Waals surface area (Å²) in [5.41, 5.74) is 2.02. The van der Waals surface area contributed by atoms with Crippen LogP contribution in [0.5, 0.6) is 0 Å². The Morgan fingerprint density at radius 3 is 2.57 bits per heavy atom. The van der Waals surface area contributed by atoms with Crippen molar-refractivity contribution in [3.8, 4) is 0 Å². The Morgan fingerprint density at radius 2 is 1.78 bits per heavy atom. The average Bonchev–Trinajstić information content (AvgIpc) is 2.57. The van der Waals surface area contributed by atoms with Gasteiger partial charge in [0.15, 0.2) is 5.78 Å². The van der Waals surface area contributed by atoms with Crippen molar-refractivity contribution in [2.45, 2.75) is 13.3 Å². The van der Waals surface area contributed by atoms with Gasteiger partial charge in [-0.2, -0.15) is 0 Å². The van der Waals surface area contributed by atoms with E-state index in [1.54, 1.807) is 13.0 Å². The van der Waals surface area contributed by atoms with Gasteiger partial charge in [0.25, 0.3) is 0 Å². The van der Waals surface area contributed by atoms with E-state index in [1.807, 2.05) is 48.5 Å². The molecule has 0 amide bonds. The number of ketones is 1. The van der Waals surface area contributed by atoms with Gasteiger partial charge in [-0.05, 0) is 41.5 Å². The number of hydrogen-bond donors (Lipinski definition) is 1. The number of halogens is 1. The summed E-state index contributed by atoms with van der Waals surface area (Å²) in [5, 5.41) is 5.27. The van der Waals surface area contributed by atoms with Gasteiger partial charge in [0.1, 0.15) is 5.82 Å². The van der Waals surface area contributed by atoms with Gasteiger partial charge in [0.05, 0.1) is 0 Å². The minimum absolute atomic E-state index is 0.0795. The van der Waals surface area contributed by atoms with E-state index in [2.05, 4.69) is 5.32 Å². The summed E-state index contributed by atoms with van der Waals surface area (Å²) < 4.78 is 13.5. The Hall–Kier alpha value is -2.68. The fourth-order valence-corrected chi connectivity index (χ4v) is 2.53. The predicted molar refractivity (Wildman–Crippen MR) is 92.5 cm³/mol. The number of anilines is 1. The van der Waals surface area contributed by atoms with Crippen molar-refractivity contribution in [3.05, 3.63) is 77.6 Å². The first-order chi connectivity index (χ1) is 11.1. The maximum atomic E-state index is 13.5. The average molecular weight is 307 g/mol. The molecule has 23 heavy (non-hydrogen) atoms. The Labute approximate surface area is 135 Å². The molecule has 116 valence electrons. The molecule has 0 atom stereocenters. The smallest absolute Gasteiger partial charge is 0.164 e. The van der Waals surface area contributed by atoms with Crippen molar-refractivity contribution < 1.29 is 9.18 Å². The molecule has 0 saturated heterocycles. The Bertz CT molecular complexity index is 857. The Morgan fingerprint density at radius 1 is 1.00 bits per heavy atom. The van der Waals surface area contributed by atoms with Crippen LogP contribution in [0.4, 0.5) is 10.1 Å². The summed E-state index contributed by atoms with van der Waals surface area (Å²) in [6.07, 6.45) is 0.369. The molecule has 0 aliphatic rings. The monoisotopic (exact) mass is 307 g/mol. The van der Waals surface area contributed by atoms with Crippen LogP contribution in [0.25, 0.3) is 10.8 Å². The van der Waals surface area contributed by atoms with Gasteiger partial charge in [-0.15, -0.1) is 0 Å². The van der Waals surface area contributed by atoms with Crippen LogP contribution < -0.4 is 5.32 Å². The molecule has 0 aliphatic carbocycles. The largest absolute Gasteiger partial charge is 0.385 e. The molecule has 0 aliphatic heterocycles. The zero-order valence-corrected chi connectivity index (χ0v) is 13.0. The van der Waals surface area contributed by atoms with Crippen LogP contribution in [0.15, 0.2) is 60.7 Å². The van der Waals surface area contributed by atoms with Crippen molar-refractivity contribution in [1.29, 1.82) is 0 Å². The molecule has 2 nitrogen and oxygen atoms in total. The standard InChI is InChI=1S/C20H18FNO/c1-14-6-9-18(13-19(14)21)22-11-10-20(23)17-8-7-15-4-2-3-5-16(15)12-17/h2-9,12-13,22H,10-11H2,1H3. The van der Waals surface area contributed by atoms with Gasteiger partial charge < -0.3 is 5.32 Å². The lowest BCUT2D eigenvalue weighted by atomic mass is 10.0. The number of carbonyl (C=O) groups excluding carboxylic acids is 1. The molecule has 0 bridgehead atoms. The first kappa shape index (κ1) is 15.2. The summed E-state index contributed by atoms with van der Waals surface area (Å²) in [4.78, 5) is 12.3. The molecule has 0 heterocycles. The zero-order chi connectivity index (χ0) is 16.2. The second-order valence-electron chi connectivity index (χ2n) is 5.63. The third-order valence-electron chi connectivity index (χ3n) is 3.92. The maximum Gasteiger partial charge on any atom is 0.164 e. The highest BCUT2D eigenvalue weighted by atomic mass is 19.1. The van der Waals surface area contributed by atoms with Crippen LogP contribution in [-0.2, 0) is 0 Å². The molecule has 3 heteroatoms. The van der Waals surface area contributed by atoms with Crippen molar-refractivity contribution >= 4 is 22.2 Å². The van der Waals surface area contributed by atoms with Crippen LogP contribution in [0.1, 0.15) is 22.3 Å². The summed E-state index contributed by atoms with van der Waals surface area (Å²) in [5.74, 6) is -0.160. The van der Waals surface area contributed by atoms with Gasteiger partial charge in [0, 0.05) is 24.2 Å². The first-order valence-corrected chi connectivity index (χ1v) is 7.65. The highest BCUT2D eigenvalue weighted by Gasteiger charge is 2.07. The van der Waals surface area contributed by atoms with Crippen molar-refractivity contribution in [1.82, 2.24) is 0 Å². The number of fused-ring (bicyclic) bond motifs is 1. The van der Waals surface area contributed by atoms with Gasteiger partial charge >= 0.3 is 0 Å². The lowest BCUT2D eigenvalue weighted by Crippen LogP contribution is -2.09. The molecule has 0 unspecified atom stereocenters. The molecule has 0 radical (unpaired) electrons. The normalized spacial score (nSPS) is 10.7. The van der Waals surface area contributed by atoms with Crippen LogP contribution in [0.3, 0.4) is 0 Å². The molecule has 3 rings (SSSR count). The van der Waals surface area contributed by atoms with Crippen molar-refractivity contribution in [2.75, 3.05) is 11.9 Å². The molecule has 0 spiro atoms. The fraction of sp³-hybridized carbons (Fsp3) is 0.150. The number of benzene rings is 3. The molecule has 0 aromatic heterocycles. The summed E-state index contributed by atoms with van der Waals surface area (Å²) in [7, 11) is 0. The predicted octanol–water partition coefficient (Wildman–Crippen LogP) is 4.97. The van der Waals surface area contributed by atoms with E-state index in [0.29, 0.717) is 29.8 Å². The van der Waals surface area contributed by atoms with E-state index in [0.717, 1.165) is 10.8 Å². The molecule has 3 aromatic rings. The number of rotatable bonds is 5. The Balaban J connectivity index is 1.62. The van der Waals surface area contributed by atoms with Gasteiger partial charge in [-0.1, -0.05) is 42.5 Å². The van der Waals surface area contributed by atoms with E-state index >= 15 is 0 Å². The van der Waals surface area contributed by atoms with Gasteiger partial charge in [-0.25, -0.2) is 4.39 Å². The maximum absolute atomic E-state index is 13.5. The fourth-order valence-electron chi connectivity index (χ4n) is 2.53. The van der Waals surface area contributed by atoms with E-state index in [1.165, 1.54) is 6.07 Å². The minimum Gasteiger partial charge on any atom is -0.385 e. The third kappa shape index (κ3) is 3.57. The number of nitrogens with one attached hydrogen (secondary N) is 1. The van der Waals surface area contributed by atoms with Crippen LogP contribution in [-0.4, -0.2) is 12.3 Å². The number of carbonyl (C=O) groups is 1. The first-order valence-electron chi connectivity index (χ1n) is 7.65. The zero-order valence-electron chi connectivity index (χ0n) is 13.0. The highest BCUT2D eigenvalue weighted by Crippen LogP contribution is 2.17. The van der Waals surface area contributed by atoms with E-state index in [-0.39, 0.29) is 11.6 Å². The highest BCUT2D eigenvalue weighted by molar-refractivity contribution is 6.00. The molecular weight excluding hydrogens is 289 g/mol. The summed E-state index contributed by atoms with van der Waals surface area (Å²) >= 11 is 0. The molecule has 0 fully saturated rings. The SMILES string of the molecule is Cc1ccc(NCCC(=O)c2ccc3ccccc3c2)cc1F. The van der Waals surface area contributed by atoms with E-state index in [9.17, 15) is 9.18 Å². The molecule has 3 aromatic carbocycles. The summed E-state index contributed by atoms with van der Waals surface area (Å²) in [6.45, 7) is 2.20. The van der Waals surface area contributed by atoms with Gasteiger partial charge in [0.2, 0.25) is 0 Å².